The van der Waals surface area contributed by atoms with E-state index < -0.39 is 0 Å². The second-order valence-corrected chi connectivity index (χ2v) is 2.90. The highest BCUT2D eigenvalue weighted by molar-refractivity contribution is 5.75. The highest BCUT2D eigenvalue weighted by Crippen LogP contribution is 2.09. The number of fused-ring (bicyclic) bond motifs is 1. The van der Waals surface area contributed by atoms with Crippen molar-refractivity contribution >= 4 is 11.0 Å². The average molecular weight is 193 g/mol. The molecule has 0 aliphatic heterocycles. The third-order valence-corrected chi connectivity index (χ3v) is 1.87. The SMILES string of the molecule is N#CCC#Cc1ccc2nccnc2c1. The highest BCUT2D eigenvalue weighted by Gasteiger charge is 1.94. The minimum atomic E-state index is 0.249. The van der Waals surface area contributed by atoms with E-state index in [2.05, 4.69) is 21.8 Å². The van der Waals surface area contributed by atoms with Crippen LogP contribution in [0.2, 0.25) is 0 Å². The Kier molecular flexibility index (Phi) is 2.58. The molecule has 0 atom stereocenters. The van der Waals surface area contributed by atoms with Crippen molar-refractivity contribution < 1.29 is 0 Å². The Morgan fingerprint density at radius 2 is 1.93 bits per heavy atom. The monoisotopic (exact) mass is 193 g/mol. The lowest BCUT2D eigenvalue weighted by Gasteiger charge is -1.95. The summed E-state index contributed by atoms with van der Waals surface area (Å²) in [5.74, 6) is 5.65. The first-order chi connectivity index (χ1) is 7.40. The van der Waals surface area contributed by atoms with Crippen molar-refractivity contribution in [3.05, 3.63) is 36.2 Å². The molecule has 15 heavy (non-hydrogen) atoms. The van der Waals surface area contributed by atoms with Crippen molar-refractivity contribution in [2.45, 2.75) is 6.42 Å². The van der Waals surface area contributed by atoms with E-state index in [1.165, 1.54) is 0 Å². The molecule has 3 nitrogen and oxygen atoms in total. The summed E-state index contributed by atoms with van der Waals surface area (Å²) in [6.45, 7) is 0. The summed E-state index contributed by atoms with van der Waals surface area (Å²) in [5.41, 5.74) is 2.53. The first-order valence-electron chi connectivity index (χ1n) is 4.47. The van der Waals surface area contributed by atoms with Crippen LogP contribution in [0.1, 0.15) is 12.0 Å². The van der Waals surface area contributed by atoms with Crippen LogP contribution in [-0.4, -0.2) is 9.97 Å². The van der Waals surface area contributed by atoms with E-state index in [-0.39, 0.29) is 6.42 Å². The molecular formula is C12H7N3. The Bertz CT molecular complexity index is 585. The summed E-state index contributed by atoms with van der Waals surface area (Å²) < 4.78 is 0. The summed E-state index contributed by atoms with van der Waals surface area (Å²) in [4.78, 5) is 8.33. The van der Waals surface area contributed by atoms with Crippen molar-refractivity contribution in [3.63, 3.8) is 0 Å². The molecule has 0 aliphatic rings. The Hall–Kier alpha value is -2.39. The number of hydrogen-bond donors (Lipinski definition) is 0. The minimum Gasteiger partial charge on any atom is -0.253 e. The summed E-state index contributed by atoms with van der Waals surface area (Å²) >= 11 is 0. The van der Waals surface area contributed by atoms with Crippen LogP contribution in [0, 0.1) is 23.2 Å². The van der Waals surface area contributed by atoms with E-state index in [1.54, 1.807) is 12.4 Å². The van der Waals surface area contributed by atoms with Crippen LogP contribution in [-0.2, 0) is 0 Å². The zero-order chi connectivity index (χ0) is 10.5. The van der Waals surface area contributed by atoms with Crippen LogP contribution >= 0.6 is 0 Å². The lowest BCUT2D eigenvalue weighted by atomic mass is 10.2. The first kappa shape index (κ1) is 9.18. The molecule has 1 aromatic carbocycles. The number of nitriles is 1. The second kappa shape index (κ2) is 4.21. The van der Waals surface area contributed by atoms with Crippen LogP contribution in [0.5, 0.6) is 0 Å². The second-order valence-electron chi connectivity index (χ2n) is 2.90. The molecular weight excluding hydrogens is 186 g/mol. The lowest BCUT2D eigenvalue weighted by molar-refractivity contribution is 1.29. The fourth-order valence-corrected chi connectivity index (χ4v) is 1.23. The number of rotatable bonds is 0. The van der Waals surface area contributed by atoms with Gasteiger partial charge in [-0.2, -0.15) is 5.26 Å². The maximum absolute atomic E-state index is 8.34. The van der Waals surface area contributed by atoms with Gasteiger partial charge in [0.2, 0.25) is 0 Å². The van der Waals surface area contributed by atoms with E-state index in [1.807, 2.05) is 24.3 Å². The number of aromatic nitrogens is 2. The first-order valence-corrected chi connectivity index (χ1v) is 4.47. The van der Waals surface area contributed by atoms with Crippen LogP contribution in [0.25, 0.3) is 11.0 Å². The topological polar surface area (TPSA) is 49.6 Å². The van der Waals surface area contributed by atoms with Gasteiger partial charge >= 0.3 is 0 Å². The lowest BCUT2D eigenvalue weighted by Crippen LogP contribution is -1.83. The van der Waals surface area contributed by atoms with Gasteiger partial charge in [-0.05, 0) is 18.2 Å². The third kappa shape index (κ3) is 2.10. The molecule has 0 radical (unpaired) electrons. The molecule has 2 rings (SSSR count). The normalized spacial score (nSPS) is 9.00. The van der Waals surface area contributed by atoms with Gasteiger partial charge in [0.25, 0.3) is 0 Å². The number of nitrogens with zero attached hydrogens (tertiary/aromatic N) is 3. The fraction of sp³-hybridized carbons (Fsp3) is 0.0833. The van der Waals surface area contributed by atoms with Crippen molar-refractivity contribution in [1.29, 1.82) is 5.26 Å². The zero-order valence-electron chi connectivity index (χ0n) is 7.94. The Labute approximate surface area is 87.4 Å². The maximum atomic E-state index is 8.34. The Balaban J connectivity index is 2.41. The predicted molar refractivity (Wildman–Crippen MR) is 56.6 cm³/mol. The molecule has 0 amide bonds. The van der Waals surface area contributed by atoms with Gasteiger partial charge in [0, 0.05) is 18.0 Å². The van der Waals surface area contributed by atoms with Crippen molar-refractivity contribution in [3.8, 4) is 17.9 Å². The molecule has 0 unspecified atom stereocenters. The molecule has 70 valence electrons. The molecule has 0 aliphatic carbocycles. The standard InChI is InChI=1S/C12H7N3/c13-6-2-1-3-10-4-5-11-12(9-10)15-8-7-14-11/h4-5,7-9H,2H2. The van der Waals surface area contributed by atoms with Gasteiger partial charge in [0.15, 0.2) is 0 Å². The van der Waals surface area contributed by atoms with Gasteiger partial charge in [0.1, 0.15) is 0 Å². The number of hydrogen-bond acceptors (Lipinski definition) is 3. The molecule has 0 N–H and O–H groups in total. The maximum Gasteiger partial charge on any atom is 0.0966 e. The molecule has 2 aromatic rings. The fourth-order valence-electron chi connectivity index (χ4n) is 1.23. The van der Waals surface area contributed by atoms with Gasteiger partial charge < -0.3 is 0 Å². The molecule has 0 saturated carbocycles. The molecule has 1 aromatic heterocycles. The van der Waals surface area contributed by atoms with E-state index in [9.17, 15) is 0 Å². The van der Waals surface area contributed by atoms with Crippen LogP contribution in [0.4, 0.5) is 0 Å². The van der Waals surface area contributed by atoms with Crippen molar-refractivity contribution in [2.75, 3.05) is 0 Å². The minimum absolute atomic E-state index is 0.249. The van der Waals surface area contributed by atoms with Crippen molar-refractivity contribution in [2.24, 2.45) is 0 Å². The highest BCUT2D eigenvalue weighted by atomic mass is 14.8. The van der Waals surface area contributed by atoms with E-state index >= 15 is 0 Å². The van der Waals surface area contributed by atoms with Gasteiger partial charge in [-0.3, -0.25) is 9.97 Å². The van der Waals surface area contributed by atoms with E-state index in [0.29, 0.717) is 0 Å². The summed E-state index contributed by atoms with van der Waals surface area (Å²) in [6.07, 6.45) is 3.55. The van der Waals surface area contributed by atoms with Gasteiger partial charge in [-0.15, -0.1) is 0 Å². The Morgan fingerprint density at radius 1 is 1.13 bits per heavy atom. The van der Waals surface area contributed by atoms with Gasteiger partial charge in [-0.1, -0.05) is 11.8 Å². The zero-order valence-corrected chi connectivity index (χ0v) is 7.94. The average Bonchev–Trinajstić information content (AvgIpc) is 2.29. The molecule has 0 fully saturated rings. The molecule has 1 heterocycles. The van der Waals surface area contributed by atoms with Crippen LogP contribution in [0.3, 0.4) is 0 Å². The smallest absolute Gasteiger partial charge is 0.0966 e. The summed E-state index contributed by atoms with van der Waals surface area (Å²) in [5, 5.41) is 8.34. The molecule has 3 heteroatoms. The molecule has 0 saturated heterocycles. The largest absolute Gasteiger partial charge is 0.253 e. The van der Waals surface area contributed by atoms with E-state index in [0.717, 1.165) is 16.6 Å². The predicted octanol–water partition coefficient (Wildman–Crippen LogP) is 1.89. The van der Waals surface area contributed by atoms with Crippen LogP contribution in [0.15, 0.2) is 30.6 Å². The third-order valence-electron chi connectivity index (χ3n) is 1.87. The summed E-state index contributed by atoms with van der Waals surface area (Å²) in [7, 11) is 0. The quantitative estimate of drug-likeness (QED) is 0.600. The number of benzene rings is 1. The van der Waals surface area contributed by atoms with Crippen LogP contribution < -0.4 is 0 Å². The molecule has 0 spiro atoms. The van der Waals surface area contributed by atoms with Gasteiger partial charge in [0.05, 0.1) is 23.5 Å². The van der Waals surface area contributed by atoms with Crippen molar-refractivity contribution in [1.82, 2.24) is 9.97 Å². The van der Waals surface area contributed by atoms with Gasteiger partial charge in [-0.25, -0.2) is 0 Å². The van der Waals surface area contributed by atoms with E-state index in [4.69, 9.17) is 5.26 Å². The molecule has 0 bridgehead atoms. The summed E-state index contributed by atoms with van der Waals surface area (Å²) in [6, 6.07) is 7.59. The Morgan fingerprint density at radius 3 is 2.73 bits per heavy atom.